The van der Waals surface area contributed by atoms with Crippen LogP contribution in [0.4, 0.5) is 11.4 Å². The van der Waals surface area contributed by atoms with Gasteiger partial charge < -0.3 is 11.1 Å². The van der Waals surface area contributed by atoms with Crippen molar-refractivity contribution in [3.63, 3.8) is 0 Å². The van der Waals surface area contributed by atoms with Crippen molar-refractivity contribution in [2.75, 3.05) is 18.1 Å². The molecule has 0 aliphatic rings. The lowest BCUT2D eigenvalue weighted by Crippen LogP contribution is -2.08. The molecule has 0 bridgehead atoms. The van der Waals surface area contributed by atoms with Crippen LogP contribution in [0.15, 0.2) is 17.1 Å². The molecular formula is C11H17N3. The van der Waals surface area contributed by atoms with Gasteiger partial charge in [-0.1, -0.05) is 0 Å². The Morgan fingerprint density at radius 3 is 2.50 bits per heavy atom. The fraction of sp³-hybridized carbons (Fsp3) is 0.364. The van der Waals surface area contributed by atoms with Crippen molar-refractivity contribution in [2.24, 2.45) is 4.99 Å². The maximum atomic E-state index is 5.79. The van der Waals surface area contributed by atoms with Crippen molar-refractivity contribution in [3.8, 4) is 0 Å². The van der Waals surface area contributed by atoms with Crippen molar-refractivity contribution in [3.05, 3.63) is 23.3 Å². The van der Waals surface area contributed by atoms with E-state index in [-0.39, 0.29) is 0 Å². The zero-order valence-electron chi connectivity index (χ0n) is 9.18. The Kier molecular flexibility index (Phi) is 3.12. The summed E-state index contributed by atoms with van der Waals surface area (Å²) in [5, 5.41) is 3.22. The van der Waals surface area contributed by atoms with Crippen LogP contribution in [0.25, 0.3) is 0 Å². The third kappa shape index (κ3) is 2.25. The Bertz CT molecular complexity index is 367. The van der Waals surface area contributed by atoms with E-state index in [1.165, 1.54) is 0 Å². The number of aryl methyl sites for hydroxylation is 2. The van der Waals surface area contributed by atoms with Gasteiger partial charge in [-0.05, 0) is 44.0 Å². The molecule has 0 saturated carbocycles. The summed E-state index contributed by atoms with van der Waals surface area (Å²) >= 11 is 0. The molecule has 0 aliphatic heterocycles. The molecule has 0 heterocycles. The third-order valence-corrected chi connectivity index (χ3v) is 2.26. The van der Waals surface area contributed by atoms with Crippen molar-refractivity contribution >= 4 is 17.2 Å². The Morgan fingerprint density at radius 2 is 1.93 bits per heavy atom. The van der Waals surface area contributed by atoms with E-state index in [0.717, 1.165) is 28.3 Å². The number of anilines is 2. The molecule has 1 aromatic carbocycles. The van der Waals surface area contributed by atoms with Crippen LogP contribution >= 0.6 is 0 Å². The van der Waals surface area contributed by atoms with E-state index in [9.17, 15) is 0 Å². The van der Waals surface area contributed by atoms with Gasteiger partial charge >= 0.3 is 0 Å². The lowest BCUT2D eigenvalue weighted by atomic mass is 10.1. The van der Waals surface area contributed by atoms with E-state index in [2.05, 4.69) is 10.3 Å². The zero-order valence-corrected chi connectivity index (χ0v) is 9.18. The number of nitrogens with two attached hydrogens (primary N) is 1. The second-order valence-electron chi connectivity index (χ2n) is 3.46. The number of aliphatic imine (C=N–C) groups is 1. The minimum atomic E-state index is 0.833. The van der Waals surface area contributed by atoms with E-state index in [0.29, 0.717) is 0 Å². The molecule has 1 aromatic rings. The summed E-state index contributed by atoms with van der Waals surface area (Å²) in [5.41, 5.74) is 9.92. The molecule has 0 aliphatic carbocycles. The molecular weight excluding hydrogens is 174 g/mol. The van der Waals surface area contributed by atoms with Crippen molar-refractivity contribution in [1.82, 2.24) is 0 Å². The summed E-state index contributed by atoms with van der Waals surface area (Å²) in [4.78, 5) is 4.05. The van der Waals surface area contributed by atoms with Crippen LogP contribution in [0.3, 0.4) is 0 Å². The molecule has 14 heavy (non-hydrogen) atoms. The van der Waals surface area contributed by atoms with Crippen molar-refractivity contribution in [1.29, 1.82) is 0 Å². The molecule has 0 atom stereocenters. The van der Waals surface area contributed by atoms with Crippen LogP contribution < -0.4 is 11.1 Å². The van der Waals surface area contributed by atoms with E-state index < -0.39 is 0 Å². The van der Waals surface area contributed by atoms with Gasteiger partial charge in [0, 0.05) is 18.4 Å². The average Bonchev–Trinajstić information content (AvgIpc) is 2.14. The smallest absolute Gasteiger partial charge is 0.0972 e. The molecule has 0 radical (unpaired) electrons. The first-order chi connectivity index (χ1) is 6.54. The molecule has 3 nitrogen and oxygen atoms in total. The summed E-state index contributed by atoms with van der Waals surface area (Å²) in [6.45, 7) is 5.96. The highest BCUT2D eigenvalue weighted by atomic mass is 15.0. The molecule has 0 spiro atoms. The van der Waals surface area contributed by atoms with Crippen LogP contribution in [0.1, 0.15) is 18.1 Å². The maximum Gasteiger partial charge on any atom is 0.0972 e. The lowest BCUT2D eigenvalue weighted by Gasteiger charge is -2.11. The summed E-state index contributed by atoms with van der Waals surface area (Å²) in [6.07, 6.45) is 0. The number of nitrogens with one attached hydrogen (secondary N) is 1. The molecule has 0 aromatic heterocycles. The highest BCUT2D eigenvalue weighted by molar-refractivity contribution is 5.94. The predicted octanol–water partition coefficient (Wildman–Crippen LogP) is 2.35. The van der Waals surface area contributed by atoms with E-state index in [1.807, 2.05) is 32.9 Å². The Balaban J connectivity index is 3.04. The van der Waals surface area contributed by atoms with E-state index in [1.54, 1.807) is 7.05 Å². The van der Waals surface area contributed by atoms with Gasteiger partial charge in [0.2, 0.25) is 0 Å². The SMILES string of the molecule is CN=C(C)Nc1cc(C)c(N)cc1C. The van der Waals surface area contributed by atoms with Gasteiger partial charge in [0.15, 0.2) is 0 Å². The minimum Gasteiger partial charge on any atom is -0.399 e. The monoisotopic (exact) mass is 191 g/mol. The van der Waals surface area contributed by atoms with Crippen molar-refractivity contribution < 1.29 is 0 Å². The van der Waals surface area contributed by atoms with Gasteiger partial charge in [0.25, 0.3) is 0 Å². The van der Waals surface area contributed by atoms with Gasteiger partial charge in [-0.2, -0.15) is 0 Å². The number of benzene rings is 1. The van der Waals surface area contributed by atoms with E-state index >= 15 is 0 Å². The normalized spacial score (nSPS) is 11.6. The Hall–Kier alpha value is -1.51. The number of hydrogen-bond acceptors (Lipinski definition) is 2. The number of rotatable bonds is 1. The first-order valence-electron chi connectivity index (χ1n) is 4.61. The third-order valence-electron chi connectivity index (χ3n) is 2.26. The first-order valence-corrected chi connectivity index (χ1v) is 4.61. The van der Waals surface area contributed by atoms with Gasteiger partial charge in [0.05, 0.1) is 5.84 Å². The lowest BCUT2D eigenvalue weighted by molar-refractivity contribution is 1.36. The second kappa shape index (κ2) is 4.13. The number of nitrogen functional groups attached to an aromatic ring is 1. The predicted molar refractivity (Wildman–Crippen MR) is 63.0 cm³/mol. The fourth-order valence-electron chi connectivity index (χ4n) is 1.22. The fourth-order valence-corrected chi connectivity index (χ4v) is 1.22. The Labute approximate surface area is 85.0 Å². The number of amidine groups is 1. The summed E-state index contributed by atoms with van der Waals surface area (Å²) in [6, 6.07) is 4.01. The van der Waals surface area contributed by atoms with Crippen LogP contribution in [0.5, 0.6) is 0 Å². The minimum absolute atomic E-state index is 0.833. The molecule has 0 fully saturated rings. The topological polar surface area (TPSA) is 50.4 Å². The van der Waals surface area contributed by atoms with Crippen LogP contribution in [-0.2, 0) is 0 Å². The van der Waals surface area contributed by atoms with Gasteiger partial charge in [-0.15, -0.1) is 0 Å². The molecule has 0 amide bonds. The zero-order chi connectivity index (χ0) is 10.7. The van der Waals surface area contributed by atoms with Crippen LogP contribution in [-0.4, -0.2) is 12.9 Å². The number of hydrogen-bond donors (Lipinski definition) is 2. The summed E-state index contributed by atoms with van der Waals surface area (Å²) in [7, 11) is 1.77. The summed E-state index contributed by atoms with van der Waals surface area (Å²) < 4.78 is 0. The molecule has 1 rings (SSSR count). The standard InChI is InChI=1S/C11H17N3/c1-7-6-11(14-9(3)13-4)8(2)5-10(7)12/h5-6H,12H2,1-4H3,(H,13,14). The maximum absolute atomic E-state index is 5.79. The summed E-state index contributed by atoms with van der Waals surface area (Å²) in [5.74, 6) is 0.900. The highest BCUT2D eigenvalue weighted by Gasteiger charge is 2.02. The second-order valence-corrected chi connectivity index (χ2v) is 3.46. The largest absolute Gasteiger partial charge is 0.399 e. The molecule has 0 saturated heterocycles. The molecule has 76 valence electrons. The highest BCUT2D eigenvalue weighted by Crippen LogP contribution is 2.21. The molecule has 3 heteroatoms. The van der Waals surface area contributed by atoms with Crippen LogP contribution in [0, 0.1) is 13.8 Å². The molecule has 0 unspecified atom stereocenters. The van der Waals surface area contributed by atoms with Gasteiger partial charge in [0.1, 0.15) is 0 Å². The van der Waals surface area contributed by atoms with Crippen LogP contribution in [0.2, 0.25) is 0 Å². The van der Waals surface area contributed by atoms with Gasteiger partial charge in [-0.3, -0.25) is 4.99 Å². The van der Waals surface area contributed by atoms with Crippen molar-refractivity contribution in [2.45, 2.75) is 20.8 Å². The average molecular weight is 191 g/mol. The van der Waals surface area contributed by atoms with E-state index in [4.69, 9.17) is 5.73 Å². The molecule has 3 N–H and O–H groups in total. The quantitative estimate of drug-likeness (QED) is 0.406. The number of nitrogens with zero attached hydrogens (tertiary/aromatic N) is 1. The Morgan fingerprint density at radius 1 is 1.29 bits per heavy atom. The van der Waals surface area contributed by atoms with Gasteiger partial charge in [-0.25, -0.2) is 0 Å². The first kappa shape index (κ1) is 10.6.